The molecule has 0 saturated carbocycles. The molecule has 1 atom stereocenters. The first-order chi connectivity index (χ1) is 10.2. The molecule has 0 aliphatic carbocycles. The van der Waals surface area contributed by atoms with Crippen LogP contribution in [-0.2, 0) is 15.9 Å². The summed E-state index contributed by atoms with van der Waals surface area (Å²) in [5.41, 5.74) is 4.52. The lowest BCUT2D eigenvalue weighted by Gasteiger charge is -2.38. The van der Waals surface area contributed by atoms with E-state index in [1.807, 2.05) is 0 Å². The number of ether oxygens (including phenoxy) is 2. The van der Waals surface area contributed by atoms with Gasteiger partial charge in [-0.25, -0.2) is 0 Å². The fourth-order valence-corrected chi connectivity index (χ4v) is 3.28. The summed E-state index contributed by atoms with van der Waals surface area (Å²) in [4.78, 5) is 0. The van der Waals surface area contributed by atoms with Crippen molar-refractivity contribution in [1.29, 1.82) is 0 Å². The second kappa shape index (κ2) is 7.92. The number of nitrogens with one attached hydrogen (secondary N) is 1. The van der Waals surface area contributed by atoms with Crippen LogP contribution in [0.5, 0.6) is 0 Å². The molecule has 1 aliphatic rings. The molecule has 0 amide bonds. The number of aryl methyl sites for hydroxylation is 2. The van der Waals surface area contributed by atoms with Crippen LogP contribution >= 0.6 is 0 Å². The van der Waals surface area contributed by atoms with Gasteiger partial charge in [-0.05, 0) is 49.8 Å². The van der Waals surface area contributed by atoms with Gasteiger partial charge >= 0.3 is 0 Å². The zero-order valence-corrected chi connectivity index (χ0v) is 13.7. The largest absolute Gasteiger partial charge is 0.383 e. The zero-order valence-electron chi connectivity index (χ0n) is 13.7. The molecule has 118 valence electrons. The number of benzene rings is 1. The highest BCUT2D eigenvalue weighted by atomic mass is 16.5. The molecule has 0 radical (unpaired) electrons. The molecular weight excluding hydrogens is 262 g/mol. The van der Waals surface area contributed by atoms with Crippen LogP contribution in [-0.4, -0.2) is 40.0 Å². The minimum absolute atomic E-state index is 0.225. The van der Waals surface area contributed by atoms with Crippen molar-refractivity contribution in [3.8, 4) is 0 Å². The molecule has 1 fully saturated rings. The van der Waals surface area contributed by atoms with Crippen LogP contribution in [0.25, 0.3) is 0 Å². The molecule has 0 spiro atoms. The fourth-order valence-electron chi connectivity index (χ4n) is 3.28. The number of methoxy groups -OCH3 is 1. The Labute approximate surface area is 129 Å². The quantitative estimate of drug-likeness (QED) is 0.784. The Morgan fingerprint density at radius 1 is 1.29 bits per heavy atom. The maximum Gasteiger partial charge on any atom is 0.0587 e. The standard InChI is InChI=1S/C18H29NO2/c1-15-6-4-7-16(2)17(15)12-18(8-5-10-21-14-18)13-19-9-11-20-3/h4,6-7,19H,5,8-14H2,1-3H3. The molecule has 21 heavy (non-hydrogen) atoms. The molecule has 1 N–H and O–H groups in total. The van der Waals surface area contributed by atoms with Crippen LogP contribution in [0.15, 0.2) is 18.2 Å². The van der Waals surface area contributed by atoms with Gasteiger partial charge < -0.3 is 14.8 Å². The summed E-state index contributed by atoms with van der Waals surface area (Å²) in [6.45, 7) is 8.89. The molecule has 1 aliphatic heterocycles. The van der Waals surface area contributed by atoms with Gasteiger partial charge in [-0.3, -0.25) is 0 Å². The third-order valence-electron chi connectivity index (χ3n) is 4.58. The third kappa shape index (κ3) is 4.53. The Morgan fingerprint density at radius 2 is 2.05 bits per heavy atom. The number of hydrogen-bond donors (Lipinski definition) is 1. The lowest BCUT2D eigenvalue weighted by atomic mass is 9.75. The summed E-state index contributed by atoms with van der Waals surface area (Å²) in [7, 11) is 1.75. The van der Waals surface area contributed by atoms with Gasteiger partial charge in [0, 0.05) is 32.2 Å². The van der Waals surface area contributed by atoms with E-state index in [-0.39, 0.29) is 5.41 Å². The summed E-state index contributed by atoms with van der Waals surface area (Å²) in [5, 5.41) is 3.55. The molecule has 0 aromatic heterocycles. The lowest BCUT2D eigenvalue weighted by Crippen LogP contribution is -2.43. The van der Waals surface area contributed by atoms with Gasteiger partial charge in [0.2, 0.25) is 0 Å². The molecular formula is C18H29NO2. The van der Waals surface area contributed by atoms with Gasteiger partial charge in [0.1, 0.15) is 0 Å². The van der Waals surface area contributed by atoms with Gasteiger partial charge in [-0.1, -0.05) is 18.2 Å². The monoisotopic (exact) mass is 291 g/mol. The average molecular weight is 291 g/mol. The van der Waals surface area contributed by atoms with E-state index in [1.165, 1.54) is 23.1 Å². The molecule has 1 saturated heterocycles. The smallest absolute Gasteiger partial charge is 0.0587 e. The van der Waals surface area contributed by atoms with E-state index in [2.05, 4.69) is 37.4 Å². The summed E-state index contributed by atoms with van der Waals surface area (Å²) in [5.74, 6) is 0. The lowest BCUT2D eigenvalue weighted by molar-refractivity contribution is -0.00783. The average Bonchev–Trinajstić information content (AvgIpc) is 2.49. The third-order valence-corrected chi connectivity index (χ3v) is 4.58. The summed E-state index contributed by atoms with van der Waals surface area (Å²) in [6.07, 6.45) is 3.50. The van der Waals surface area contributed by atoms with Crippen molar-refractivity contribution in [2.75, 3.05) is 40.0 Å². The Bertz CT molecular complexity index is 419. The molecule has 1 heterocycles. The highest BCUT2D eigenvalue weighted by Crippen LogP contribution is 2.34. The first-order valence-electron chi connectivity index (χ1n) is 7.99. The SMILES string of the molecule is COCCNCC1(Cc2c(C)cccc2C)CCCOC1. The molecule has 3 nitrogen and oxygen atoms in total. The molecule has 1 aromatic carbocycles. The van der Waals surface area contributed by atoms with Crippen molar-refractivity contribution in [2.24, 2.45) is 5.41 Å². The maximum atomic E-state index is 5.82. The Hall–Kier alpha value is -0.900. The van der Waals surface area contributed by atoms with E-state index >= 15 is 0 Å². The topological polar surface area (TPSA) is 30.5 Å². The van der Waals surface area contributed by atoms with Crippen molar-refractivity contribution < 1.29 is 9.47 Å². The van der Waals surface area contributed by atoms with Crippen molar-refractivity contribution in [3.63, 3.8) is 0 Å². The van der Waals surface area contributed by atoms with Crippen LogP contribution in [0.4, 0.5) is 0 Å². The van der Waals surface area contributed by atoms with Crippen LogP contribution < -0.4 is 5.32 Å². The summed E-state index contributed by atoms with van der Waals surface area (Å²) in [6, 6.07) is 6.59. The predicted molar refractivity (Wildman–Crippen MR) is 86.9 cm³/mol. The molecule has 1 unspecified atom stereocenters. The number of hydrogen-bond acceptors (Lipinski definition) is 3. The Kier molecular flexibility index (Phi) is 6.22. The first-order valence-corrected chi connectivity index (χ1v) is 7.99. The highest BCUT2D eigenvalue weighted by Gasteiger charge is 2.33. The van der Waals surface area contributed by atoms with Gasteiger partial charge in [0.25, 0.3) is 0 Å². The minimum atomic E-state index is 0.225. The second-order valence-electron chi connectivity index (χ2n) is 6.37. The fraction of sp³-hybridized carbons (Fsp3) is 0.667. The van der Waals surface area contributed by atoms with Crippen molar-refractivity contribution in [2.45, 2.75) is 33.1 Å². The second-order valence-corrected chi connectivity index (χ2v) is 6.37. The van der Waals surface area contributed by atoms with Crippen LogP contribution in [0.1, 0.15) is 29.5 Å². The highest BCUT2D eigenvalue weighted by molar-refractivity contribution is 5.34. The van der Waals surface area contributed by atoms with Gasteiger partial charge in [-0.2, -0.15) is 0 Å². The van der Waals surface area contributed by atoms with Crippen molar-refractivity contribution in [1.82, 2.24) is 5.32 Å². The van der Waals surface area contributed by atoms with E-state index in [9.17, 15) is 0 Å². The van der Waals surface area contributed by atoms with E-state index in [1.54, 1.807) is 7.11 Å². The first kappa shape index (κ1) is 16.5. The molecule has 3 heteroatoms. The van der Waals surface area contributed by atoms with Gasteiger partial charge in [0.15, 0.2) is 0 Å². The van der Waals surface area contributed by atoms with E-state index in [0.29, 0.717) is 0 Å². The maximum absolute atomic E-state index is 5.82. The molecule has 2 rings (SSSR count). The van der Waals surface area contributed by atoms with Gasteiger partial charge in [-0.15, -0.1) is 0 Å². The van der Waals surface area contributed by atoms with Crippen molar-refractivity contribution in [3.05, 3.63) is 34.9 Å². The predicted octanol–water partition coefficient (Wildman–Crippen LogP) is 2.88. The summed E-state index contributed by atoms with van der Waals surface area (Å²) < 4.78 is 11.0. The van der Waals surface area contributed by atoms with E-state index in [0.717, 1.165) is 45.8 Å². The van der Waals surface area contributed by atoms with E-state index < -0.39 is 0 Å². The zero-order chi connectivity index (χ0) is 15.1. The van der Waals surface area contributed by atoms with Crippen LogP contribution in [0.3, 0.4) is 0 Å². The Morgan fingerprint density at radius 3 is 2.67 bits per heavy atom. The van der Waals surface area contributed by atoms with E-state index in [4.69, 9.17) is 9.47 Å². The normalized spacial score (nSPS) is 22.4. The molecule has 1 aromatic rings. The number of rotatable bonds is 7. The molecule has 0 bridgehead atoms. The van der Waals surface area contributed by atoms with Crippen LogP contribution in [0.2, 0.25) is 0 Å². The Balaban J connectivity index is 2.08. The van der Waals surface area contributed by atoms with Gasteiger partial charge in [0.05, 0.1) is 13.2 Å². The van der Waals surface area contributed by atoms with Crippen LogP contribution in [0, 0.1) is 19.3 Å². The van der Waals surface area contributed by atoms with Crippen molar-refractivity contribution >= 4 is 0 Å². The minimum Gasteiger partial charge on any atom is -0.383 e. The summed E-state index contributed by atoms with van der Waals surface area (Å²) >= 11 is 0.